The predicted molar refractivity (Wildman–Crippen MR) is 287 cm³/mol. The van der Waals surface area contributed by atoms with E-state index in [1.807, 2.05) is 48.5 Å². The molecule has 0 aliphatic heterocycles. The molecule has 10 heteroatoms. The first-order valence-corrected chi connectivity index (χ1v) is 23.6. The molecule has 72 heavy (non-hydrogen) atoms. The molecule has 0 amide bonds. The van der Waals surface area contributed by atoms with Crippen LogP contribution < -0.4 is 0 Å². The number of benzene rings is 8. The highest BCUT2D eigenvalue weighted by molar-refractivity contribution is 6.27. The maximum absolute atomic E-state index is 5.25. The summed E-state index contributed by atoms with van der Waals surface area (Å²) >= 11 is 0. The van der Waals surface area contributed by atoms with Crippen molar-refractivity contribution in [3.05, 3.63) is 219 Å². The van der Waals surface area contributed by atoms with Crippen LogP contribution in [0.25, 0.3) is 145 Å². The lowest BCUT2D eigenvalue weighted by Crippen LogP contribution is -2.02. The molecule has 0 saturated heterocycles. The largest absolute Gasteiger partial charge is 0.265 e. The predicted octanol–water partition coefficient (Wildman–Crippen LogP) is 14.2. The van der Waals surface area contributed by atoms with Gasteiger partial charge in [-0.25, -0.2) is 29.9 Å². The summed E-state index contributed by atoms with van der Waals surface area (Å²) in [4.78, 5) is 48.9. The van der Waals surface area contributed by atoms with E-state index in [9.17, 15) is 0 Å². The second-order valence-corrected chi connectivity index (χ2v) is 17.7. The van der Waals surface area contributed by atoms with Crippen LogP contribution in [-0.4, -0.2) is 49.8 Å². The van der Waals surface area contributed by atoms with Crippen molar-refractivity contribution in [1.82, 2.24) is 49.8 Å². The Kier molecular flexibility index (Phi) is 9.59. The van der Waals surface area contributed by atoms with Gasteiger partial charge in [-0.3, -0.25) is 19.9 Å². The number of aromatic nitrogens is 10. The van der Waals surface area contributed by atoms with Gasteiger partial charge in [0, 0.05) is 81.3 Å². The monoisotopic (exact) mass is 920 g/mol. The summed E-state index contributed by atoms with van der Waals surface area (Å²) in [7, 11) is 0. The molecular weight excluding hydrogens is 885 g/mol. The van der Waals surface area contributed by atoms with Crippen LogP contribution in [0, 0.1) is 0 Å². The van der Waals surface area contributed by atoms with E-state index in [0.717, 1.165) is 110 Å². The molecule has 0 fully saturated rings. The molecular formula is C62H36N10. The van der Waals surface area contributed by atoms with Crippen molar-refractivity contribution in [2.75, 3.05) is 0 Å². The first-order valence-electron chi connectivity index (χ1n) is 23.6. The molecule has 0 aliphatic carbocycles. The smallest absolute Gasteiger partial charge is 0.164 e. The van der Waals surface area contributed by atoms with Crippen LogP contribution in [0.15, 0.2) is 219 Å². The van der Waals surface area contributed by atoms with E-state index >= 15 is 0 Å². The molecule has 0 atom stereocenters. The van der Waals surface area contributed by atoms with Crippen LogP contribution in [0.2, 0.25) is 0 Å². The van der Waals surface area contributed by atoms with Crippen molar-refractivity contribution in [2.45, 2.75) is 0 Å². The van der Waals surface area contributed by atoms with Gasteiger partial charge in [0.25, 0.3) is 0 Å². The average molecular weight is 921 g/mol. The first kappa shape index (κ1) is 41.0. The van der Waals surface area contributed by atoms with Gasteiger partial charge >= 0.3 is 0 Å². The number of nitrogens with zero attached hydrogens (tertiary/aromatic N) is 10. The van der Waals surface area contributed by atoms with Crippen LogP contribution in [-0.2, 0) is 0 Å². The lowest BCUT2D eigenvalue weighted by atomic mass is 9.89. The normalized spacial score (nSPS) is 11.6. The molecule has 334 valence electrons. The molecule has 0 bridgehead atoms. The third-order valence-corrected chi connectivity index (χ3v) is 13.5. The SMILES string of the molecule is c1cnc2cc(-c3nc(-c4ccc(-c5ccncc5)cc4)nc(-c4ccc5ccc6c(-c7nc(-c8ccc(-c9ccncc9)cc8)nc(-c8ccc9cccnc9c8)n7)ccc7ccc4c5c76)n3)ccc2c1. The van der Waals surface area contributed by atoms with Gasteiger partial charge in [-0.1, -0.05) is 121 Å². The molecule has 0 aliphatic rings. The molecule has 14 rings (SSSR count). The molecule has 6 heterocycles. The molecule has 8 aromatic carbocycles. The summed E-state index contributed by atoms with van der Waals surface area (Å²) in [6, 6.07) is 62.3. The topological polar surface area (TPSA) is 129 Å². The Labute approximate surface area is 411 Å². The van der Waals surface area contributed by atoms with Crippen molar-refractivity contribution in [3.8, 4) is 90.6 Å². The summed E-state index contributed by atoms with van der Waals surface area (Å²) in [5.74, 6) is 3.40. The fourth-order valence-electron chi connectivity index (χ4n) is 9.82. The first-order chi connectivity index (χ1) is 35.6. The van der Waals surface area contributed by atoms with Gasteiger partial charge in [0.2, 0.25) is 0 Å². The summed E-state index contributed by atoms with van der Waals surface area (Å²) in [6.07, 6.45) is 10.8. The summed E-state index contributed by atoms with van der Waals surface area (Å²) in [5, 5.41) is 8.53. The molecule has 14 aromatic rings. The van der Waals surface area contributed by atoms with E-state index in [2.05, 4.69) is 153 Å². The van der Waals surface area contributed by atoms with Crippen molar-refractivity contribution in [2.24, 2.45) is 0 Å². The van der Waals surface area contributed by atoms with Crippen LogP contribution in [0.4, 0.5) is 0 Å². The Morgan fingerprint density at radius 2 is 0.569 bits per heavy atom. The fraction of sp³-hybridized carbons (Fsp3) is 0. The van der Waals surface area contributed by atoms with Crippen molar-refractivity contribution >= 4 is 54.1 Å². The molecule has 0 radical (unpaired) electrons. The molecule has 0 saturated carbocycles. The van der Waals surface area contributed by atoms with Gasteiger partial charge in [-0.2, -0.15) is 0 Å². The number of rotatable bonds is 8. The van der Waals surface area contributed by atoms with E-state index in [1.165, 1.54) is 0 Å². The fourth-order valence-corrected chi connectivity index (χ4v) is 9.82. The summed E-state index contributed by atoms with van der Waals surface area (Å²) in [6.45, 7) is 0. The van der Waals surface area contributed by atoms with E-state index in [0.29, 0.717) is 34.9 Å². The van der Waals surface area contributed by atoms with Crippen molar-refractivity contribution in [3.63, 3.8) is 0 Å². The number of hydrogen-bond acceptors (Lipinski definition) is 10. The van der Waals surface area contributed by atoms with Crippen LogP contribution in [0.5, 0.6) is 0 Å². The van der Waals surface area contributed by atoms with E-state index in [-0.39, 0.29) is 0 Å². The Hall–Kier alpha value is -10.1. The molecule has 0 unspecified atom stereocenters. The van der Waals surface area contributed by atoms with Gasteiger partial charge in [-0.15, -0.1) is 0 Å². The number of pyridine rings is 4. The average Bonchev–Trinajstić information content (AvgIpc) is 3.46. The van der Waals surface area contributed by atoms with Crippen molar-refractivity contribution in [1.29, 1.82) is 0 Å². The molecule has 10 nitrogen and oxygen atoms in total. The Balaban J connectivity index is 0.937. The zero-order valence-corrected chi connectivity index (χ0v) is 38.3. The van der Waals surface area contributed by atoms with Crippen LogP contribution in [0.1, 0.15) is 0 Å². The quantitative estimate of drug-likeness (QED) is 0.136. The minimum atomic E-state index is 0.560. The third kappa shape index (κ3) is 7.21. The van der Waals surface area contributed by atoms with Gasteiger partial charge in [0.05, 0.1) is 11.0 Å². The number of hydrogen-bond donors (Lipinski definition) is 0. The summed E-state index contributed by atoms with van der Waals surface area (Å²) < 4.78 is 0. The third-order valence-electron chi connectivity index (χ3n) is 13.5. The highest BCUT2D eigenvalue weighted by Crippen LogP contribution is 2.42. The standard InChI is InChI=1S/C62H36N10/c1-3-41-9-15-47(35-53(41)65-29-1)59-67-57(45-11-5-37(6-12-45)39-25-31-63-32-26-39)69-61(71-59)51-23-19-43-18-22-50-52(24-20-44-17-21-49(51)55(43)56(44)50)62-70-58(46-13-7-38(8-14-46)40-27-33-64-34-28-40)68-60(72-62)48-16-10-42-4-2-30-66-54(42)36-48/h1-36H. The van der Waals surface area contributed by atoms with Gasteiger partial charge in [0.15, 0.2) is 34.9 Å². The Morgan fingerprint density at radius 3 is 1.00 bits per heavy atom. The minimum Gasteiger partial charge on any atom is -0.265 e. The zero-order chi connectivity index (χ0) is 47.5. The molecule has 0 N–H and O–H groups in total. The van der Waals surface area contributed by atoms with Gasteiger partial charge in [-0.05, 0) is 115 Å². The van der Waals surface area contributed by atoms with Crippen molar-refractivity contribution < 1.29 is 0 Å². The maximum Gasteiger partial charge on any atom is 0.164 e. The Morgan fingerprint density at radius 1 is 0.236 bits per heavy atom. The summed E-state index contributed by atoms with van der Waals surface area (Å²) in [5.41, 5.74) is 11.3. The van der Waals surface area contributed by atoms with E-state index < -0.39 is 0 Å². The van der Waals surface area contributed by atoms with Gasteiger partial charge < -0.3 is 0 Å². The number of fused-ring (bicyclic) bond motifs is 2. The highest BCUT2D eigenvalue weighted by Gasteiger charge is 2.21. The lowest BCUT2D eigenvalue weighted by molar-refractivity contribution is 1.08. The van der Waals surface area contributed by atoms with E-state index in [1.54, 1.807) is 37.2 Å². The second kappa shape index (κ2) is 16.9. The maximum atomic E-state index is 5.25. The van der Waals surface area contributed by atoms with Crippen LogP contribution >= 0.6 is 0 Å². The highest BCUT2D eigenvalue weighted by atomic mass is 15.0. The van der Waals surface area contributed by atoms with Crippen LogP contribution in [0.3, 0.4) is 0 Å². The zero-order valence-electron chi connectivity index (χ0n) is 38.3. The Bertz CT molecular complexity index is 4090. The molecule has 6 aromatic heterocycles. The van der Waals surface area contributed by atoms with Gasteiger partial charge in [0.1, 0.15) is 0 Å². The van der Waals surface area contributed by atoms with E-state index in [4.69, 9.17) is 29.9 Å². The minimum absolute atomic E-state index is 0.560. The molecule has 0 spiro atoms. The lowest BCUT2D eigenvalue weighted by Gasteiger charge is -2.16. The second-order valence-electron chi connectivity index (χ2n) is 17.7.